The SMILES string of the molecule is CCCCNC(=O)c1c(N)n(/N=C\c2ccc(C(C)C)cc2)c2nc3ccccc3nc12. The number of carbonyl (C=O) groups is 1. The molecule has 0 saturated heterocycles. The van der Waals surface area contributed by atoms with Gasteiger partial charge in [-0.2, -0.15) is 9.78 Å². The molecule has 0 aliphatic rings. The van der Waals surface area contributed by atoms with E-state index in [-0.39, 0.29) is 11.7 Å². The third-order valence-electron chi connectivity index (χ3n) is 5.44. The van der Waals surface area contributed by atoms with Crippen LogP contribution in [0.3, 0.4) is 0 Å². The first-order valence-corrected chi connectivity index (χ1v) is 11.0. The third-order valence-corrected chi connectivity index (χ3v) is 5.44. The lowest BCUT2D eigenvalue weighted by molar-refractivity contribution is 0.0955. The van der Waals surface area contributed by atoms with E-state index in [1.165, 1.54) is 10.2 Å². The van der Waals surface area contributed by atoms with Crippen molar-refractivity contribution in [3.05, 3.63) is 65.2 Å². The van der Waals surface area contributed by atoms with E-state index >= 15 is 0 Å². The number of amides is 1. The van der Waals surface area contributed by atoms with Gasteiger partial charge in [0, 0.05) is 6.54 Å². The Bertz CT molecular complexity index is 1290. The lowest BCUT2D eigenvalue weighted by Gasteiger charge is -2.05. The summed E-state index contributed by atoms with van der Waals surface area (Å²) in [4.78, 5) is 22.4. The monoisotopic (exact) mass is 428 g/mol. The summed E-state index contributed by atoms with van der Waals surface area (Å²) in [6.07, 6.45) is 3.60. The van der Waals surface area contributed by atoms with Gasteiger partial charge in [0.05, 0.1) is 17.2 Å². The Morgan fingerprint density at radius 2 is 1.81 bits per heavy atom. The van der Waals surface area contributed by atoms with Crippen LogP contribution < -0.4 is 11.1 Å². The predicted molar refractivity (Wildman–Crippen MR) is 130 cm³/mol. The van der Waals surface area contributed by atoms with E-state index in [4.69, 9.17) is 15.7 Å². The number of unbranched alkanes of at least 4 members (excludes halogenated alkanes) is 1. The first-order valence-electron chi connectivity index (χ1n) is 11.0. The number of nitrogen functional groups attached to an aromatic ring is 1. The van der Waals surface area contributed by atoms with Gasteiger partial charge in [-0.1, -0.05) is 63.6 Å². The summed E-state index contributed by atoms with van der Waals surface area (Å²) in [6, 6.07) is 15.7. The molecular formula is C25H28N6O. The number of para-hydroxylation sites is 2. The molecule has 4 rings (SSSR count). The van der Waals surface area contributed by atoms with E-state index < -0.39 is 0 Å². The van der Waals surface area contributed by atoms with Crippen molar-refractivity contribution in [3.8, 4) is 0 Å². The van der Waals surface area contributed by atoms with E-state index in [0.29, 0.717) is 40.2 Å². The number of nitrogens with zero attached hydrogens (tertiary/aromatic N) is 4. The molecular weight excluding hydrogens is 400 g/mol. The van der Waals surface area contributed by atoms with Crippen LogP contribution in [0.15, 0.2) is 53.6 Å². The van der Waals surface area contributed by atoms with Crippen molar-refractivity contribution < 1.29 is 4.79 Å². The number of hydrogen-bond acceptors (Lipinski definition) is 5. The normalized spacial score (nSPS) is 11.8. The highest BCUT2D eigenvalue weighted by molar-refractivity contribution is 6.10. The fourth-order valence-corrected chi connectivity index (χ4v) is 3.55. The Labute approximate surface area is 187 Å². The first-order chi connectivity index (χ1) is 15.5. The average molecular weight is 429 g/mol. The predicted octanol–water partition coefficient (Wildman–Crippen LogP) is 4.70. The molecule has 0 atom stereocenters. The molecule has 32 heavy (non-hydrogen) atoms. The zero-order valence-corrected chi connectivity index (χ0v) is 18.7. The van der Waals surface area contributed by atoms with Crippen LogP contribution in [0.25, 0.3) is 22.2 Å². The van der Waals surface area contributed by atoms with Crippen LogP contribution in [0.4, 0.5) is 5.82 Å². The topological polar surface area (TPSA) is 98.2 Å². The highest BCUT2D eigenvalue weighted by atomic mass is 16.1. The summed E-state index contributed by atoms with van der Waals surface area (Å²) in [7, 11) is 0. The molecule has 0 aliphatic heterocycles. The maximum atomic E-state index is 13.0. The Morgan fingerprint density at radius 3 is 2.47 bits per heavy atom. The maximum Gasteiger partial charge on any atom is 0.257 e. The van der Waals surface area contributed by atoms with Crippen molar-refractivity contribution in [3.63, 3.8) is 0 Å². The number of hydrogen-bond donors (Lipinski definition) is 2. The van der Waals surface area contributed by atoms with Gasteiger partial charge >= 0.3 is 0 Å². The molecule has 7 nitrogen and oxygen atoms in total. The molecule has 0 radical (unpaired) electrons. The van der Waals surface area contributed by atoms with E-state index in [9.17, 15) is 4.79 Å². The minimum atomic E-state index is -0.263. The van der Waals surface area contributed by atoms with Crippen molar-refractivity contribution in [2.45, 2.75) is 39.5 Å². The van der Waals surface area contributed by atoms with Crippen molar-refractivity contribution in [2.75, 3.05) is 12.3 Å². The molecule has 4 aromatic rings. The largest absolute Gasteiger partial charge is 0.383 e. The van der Waals surface area contributed by atoms with Crippen LogP contribution in [-0.2, 0) is 0 Å². The molecule has 0 unspecified atom stereocenters. The van der Waals surface area contributed by atoms with Gasteiger partial charge in [-0.15, -0.1) is 0 Å². The van der Waals surface area contributed by atoms with Gasteiger partial charge in [-0.05, 0) is 35.6 Å². The molecule has 0 spiro atoms. The fourth-order valence-electron chi connectivity index (χ4n) is 3.55. The fraction of sp³-hybridized carbons (Fsp3) is 0.280. The number of rotatable bonds is 7. The van der Waals surface area contributed by atoms with Crippen molar-refractivity contribution in [1.82, 2.24) is 20.0 Å². The summed E-state index contributed by atoms with van der Waals surface area (Å²) in [5.41, 5.74) is 11.2. The zero-order valence-electron chi connectivity index (χ0n) is 18.7. The minimum absolute atomic E-state index is 0.222. The van der Waals surface area contributed by atoms with Gasteiger partial charge in [0.15, 0.2) is 5.65 Å². The number of nitrogens with one attached hydrogen (secondary N) is 1. The molecule has 164 valence electrons. The number of anilines is 1. The number of carbonyl (C=O) groups excluding carboxylic acids is 1. The number of aromatic nitrogens is 3. The van der Waals surface area contributed by atoms with Crippen LogP contribution in [0.1, 0.15) is 61.0 Å². The zero-order chi connectivity index (χ0) is 22.7. The molecule has 2 aromatic carbocycles. The van der Waals surface area contributed by atoms with Gasteiger partial charge in [0.25, 0.3) is 5.91 Å². The molecule has 0 aliphatic carbocycles. The van der Waals surface area contributed by atoms with Crippen LogP contribution in [0.2, 0.25) is 0 Å². The van der Waals surface area contributed by atoms with E-state index in [1.54, 1.807) is 6.21 Å². The van der Waals surface area contributed by atoms with Crippen LogP contribution in [-0.4, -0.2) is 33.3 Å². The van der Waals surface area contributed by atoms with Gasteiger partial charge in [-0.3, -0.25) is 4.79 Å². The van der Waals surface area contributed by atoms with Crippen LogP contribution >= 0.6 is 0 Å². The second-order valence-corrected chi connectivity index (χ2v) is 8.13. The number of fused-ring (bicyclic) bond motifs is 2. The first kappa shape index (κ1) is 21.5. The summed E-state index contributed by atoms with van der Waals surface area (Å²) in [5.74, 6) is 0.419. The summed E-state index contributed by atoms with van der Waals surface area (Å²) >= 11 is 0. The smallest absolute Gasteiger partial charge is 0.257 e. The van der Waals surface area contributed by atoms with Crippen molar-refractivity contribution in [1.29, 1.82) is 0 Å². The maximum absolute atomic E-state index is 13.0. The molecule has 0 fully saturated rings. The molecule has 7 heteroatoms. The Kier molecular flexibility index (Phi) is 6.16. The van der Waals surface area contributed by atoms with Crippen molar-refractivity contribution in [2.24, 2.45) is 5.10 Å². The second kappa shape index (κ2) is 9.18. The Morgan fingerprint density at radius 1 is 1.12 bits per heavy atom. The lowest BCUT2D eigenvalue weighted by atomic mass is 10.0. The van der Waals surface area contributed by atoms with E-state index in [1.807, 2.05) is 36.4 Å². The highest BCUT2D eigenvalue weighted by Crippen LogP contribution is 2.28. The van der Waals surface area contributed by atoms with Gasteiger partial charge in [-0.25, -0.2) is 9.97 Å². The molecule has 0 bridgehead atoms. The average Bonchev–Trinajstić information content (AvgIpc) is 3.06. The summed E-state index contributed by atoms with van der Waals surface area (Å²) < 4.78 is 1.50. The molecule has 0 saturated carbocycles. The summed E-state index contributed by atoms with van der Waals surface area (Å²) in [5, 5.41) is 7.50. The van der Waals surface area contributed by atoms with Crippen LogP contribution in [0.5, 0.6) is 0 Å². The standard InChI is InChI=1S/C25H28N6O/c1-4-5-14-27-25(32)21-22-24(30-20-9-7-6-8-19(20)29-22)31(23(21)26)28-15-17-10-12-18(13-11-17)16(2)3/h6-13,15-16H,4-5,14,26H2,1-3H3,(H,27,32)/b28-15-. The van der Waals surface area contributed by atoms with Gasteiger partial charge in [0.1, 0.15) is 16.9 Å². The second-order valence-electron chi connectivity index (χ2n) is 8.13. The number of nitrogens with two attached hydrogens (primary N) is 1. The Balaban J connectivity index is 1.80. The Hall–Kier alpha value is -3.74. The molecule has 3 N–H and O–H groups in total. The quantitative estimate of drug-likeness (QED) is 0.329. The van der Waals surface area contributed by atoms with Gasteiger partial charge < -0.3 is 11.1 Å². The van der Waals surface area contributed by atoms with E-state index in [0.717, 1.165) is 18.4 Å². The molecule has 2 heterocycles. The van der Waals surface area contributed by atoms with Crippen molar-refractivity contribution >= 4 is 40.1 Å². The van der Waals surface area contributed by atoms with E-state index in [2.05, 4.69) is 43.3 Å². The van der Waals surface area contributed by atoms with Gasteiger partial charge in [0.2, 0.25) is 0 Å². The van der Waals surface area contributed by atoms with Crippen LogP contribution in [0, 0.1) is 0 Å². The minimum Gasteiger partial charge on any atom is -0.383 e. The summed E-state index contributed by atoms with van der Waals surface area (Å²) in [6.45, 7) is 6.97. The third kappa shape index (κ3) is 4.19. The number of benzene rings is 2. The molecule has 1 amide bonds. The highest BCUT2D eigenvalue weighted by Gasteiger charge is 2.23. The lowest BCUT2D eigenvalue weighted by Crippen LogP contribution is -2.25. The molecule has 2 aromatic heterocycles.